The molecule has 1 saturated heterocycles. The fourth-order valence-electron chi connectivity index (χ4n) is 3.52. The van der Waals surface area contributed by atoms with E-state index in [1.54, 1.807) is 4.90 Å². The quantitative estimate of drug-likeness (QED) is 0.850. The van der Waals surface area contributed by atoms with E-state index in [9.17, 15) is 14.7 Å². The number of hydrogen-bond donors (Lipinski definition) is 1. The molecule has 1 fully saturated rings. The summed E-state index contributed by atoms with van der Waals surface area (Å²) in [6.07, 6.45) is 0.785. The van der Waals surface area contributed by atoms with Crippen LogP contribution in [-0.2, 0) is 14.3 Å². The first kappa shape index (κ1) is 17.6. The van der Waals surface area contributed by atoms with Crippen molar-refractivity contribution < 1.29 is 19.4 Å². The molecule has 6 nitrogen and oxygen atoms in total. The van der Waals surface area contributed by atoms with Gasteiger partial charge in [-0.05, 0) is 18.9 Å². The Labute approximate surface area is 147 Å². The van der Waals surface area contributed by atoms with E-state index in [0.29, 0.717) is 6.54 Å². The molecule has 2 aliphatic heterocycles. The van der Waals surface area contributed by atoms with Gasteiger partial charge in [-0.15, -0.1) is 0 Å². The van der Waals surface area contributed by atoms with Crippen LogP contribution in [0.15, 0.2) is 41.7 Å². The van der Waals surface area contributed by atoms with Gasteiger partial charge in [0.2, 0.25) is 0 Å². The Hall–Kier alpha value is -2.18. The lowest BCUT2D eigenvalue weighted by Gasteiger charge is -2.29. The summed E-state index contributed by atoms with van der Waals surface area (Å²) < 4.78 is 5.34. The average Bonchev–Trinajstić information content (AvgIpc) is 2.88. The third kappa shape index (κ3) is 3.75. The SMILES string of the molecule is CC(=O)C1=C(O)C(=O)N(CCCN2CCOCC2)[C@@H]1c1ccccc1. The first-order valence-electron chi connectivity index (χ1n) is 8.69. The molecule has 1 aromatic carbocycles. The van der Waals surface area contributed by atoms with Gasteiger partial charge < -0.3 is 14.7 Å². The zero-order valence-corrected chi connectivity index (χ0v) is 14.5. The molecule has 2 heterocycles. The molecule has 3 rings (SSSR count). The van der Waals surface area contributed by atoms with Gasteiger partial charge in [0.1, 0.15) is 0 Å². The Balaban J connectivity index is 1.74. The first-order chi connectivity index (χ1) is 12.1. The van der Waals surface area contributed by atoms with Crippen LogP contribution in [0, 0.1) is 0 Å². The molecule has 2 aliphatic rings. The van der Waals surface area contributed by atoms with Crippen LogP contribution in [0.4, 0.5) is 0 Å². The normalized spacial score (nSPS) is 21.9. The molecule has 1 aromatic rings. The van der Waals surface area contributed by atoms with Crippen LogP contribution < -0.4 is 0 Å². The van der Waals surface area contributed by atoms with E-state index in [1.165, 1.54) is 6.92 Å². The topological polar surface area (TPSA) is 70.1 Å². The van der Waals surface area contributed by atoms with E-state index in [-0.39, 0.29) is 11.4 Å². The summed E-state index contributed by atoms with van der Waals surface area (Å²) in [6, 6.07) is 8.90. The Bertz CT molecular complexity index is 665. The van der Waals surface area contributed by atoms with Gasteiger partial charge in [0, 0.05) is 26.2 Å². The zero-order chi connectivity index (χ0) is 17.8. The lowest BCUT2D eigenvalue weighted by atomic mass is 9.97. The number of carbonyl (C=O) groups excluding carboxylic acids is 2. The third-order valence-corrected chi connectivity index (χ3v) is 4.78. The summed E-state index contributed by atoms with van der Waals surface area (Å²) in [5.41, 5.74) is 1.04. The number of aliphatic hydroxyl groups is 1. The molecule has 6 heteroatoms. The van der Waals surface area contributed by atoms with Gasteiger partial charge >= 0.3 is 0 Å². The Morgan fingerprint density at radius 2 is 1.88 bits per heavy atom. The molecule has 25 heavy (non-hydrogen) atoms. The Kier molecular flexibility index (Phi) is 5.50. The van der Waals surface area contributed by atoms with E-state index in [1.807, 2.05) is 30.3 Å². The van der Waals surface area contributed by atoms with Crippen molar-refractivity contribution in [2.45, 2.75) is 19.4 Å². The summed E-state index contributed by atoms with van der Waals surface area (Å²) in [5.74, 6) is -1.14. The molecule has 0 spiro atoms. The van der Waals surface area contributed by atoms with Crippen LogP contribution in [0.3, 0.4) is 0 Å². The number of aliphatic hydroxyl groups excluding tert-OH is 1. The van der Waals surface area contributed by atoms with Crippen molar-refractivity contribution in [2.24, 2.45) is 0 Å². The Morgan fingerprint density at radius 1 is 1.20 bits per heavy atom. The molecule has 0 saturated carbocycles. The summed E-state index contributed by atoms with van der Waals surface area (Å²) in [4.78, 5) is 28.5. The van der Waals surface area contributed by atoms with Crippen LogP contribution in [0.2, 0.25) is 0 Å². The third-order valence-electron chi connectivity index (χ3n) is 4.78. The highest BCUT2D eigenvalue weighted by atomic mass is 16.5. The number of carbonyl (C=O) groups is 2. The summed E-state index contributed by atoms with van der Waals surface area (Å²) in [5, 5.41) is 10.2. The first-order valence-corrected chi connectivity index (χ1v) is 8.69. The fourth-order valence-corrected chi connectivity index (χ4v) is 3.52. The van der Waals surface area contributed by atoms with Gasteiger partial charge in [0.15, 0.2) is 11.5 Å². The van der Waals surface area contributed by atoms with Gasteiger partial charge in [-0.3, -0.25) is 14.5 Å². The van der Waals surface area contributed by atoms with Crippen molar-refractivity contribution in [2.75, 3.05) is 39.4 Å². The maximum absolute atomic E-state index is 12.5. The maximum Gasteiger partial charge on any atom is 0.290 e. The number of morpholine rings is 1. The van der Waals surface area contributed by atoms with Crippen LogP contribution in [0.1, 0.15) is 24.9 Å². The Morgan fingerprint density at radius 3 is 2.52 bits per heavy atom. The minimum Gasteiger partial charge on any atom is -0.503 e. The number of hydrogen-bond acceptors (Lipinski definition) is 5. The largest absolute Gasteiger partial charge is 0.503 e. The number of amides is 1. The predicted molar refractivity (Wildman–Crippen MR) is 93.1 cm³/mol. The molecule has 0 aliphatic carbocycles. The second-order valence-electron chi connectivity index (χ2n) is 6.44. The number of rotatable bonds is 6. The molecule has 134 valence electrons. The van der Waals surface area contributed by atoms with E-state index in [0.717, 1.165) is 44.8 Å². The van der Waals surface area contributed by atoms with Crippen LogP contribution in [0.5, 0.6) is 0 Å². The highest BCUT2D eigenvalue weighted by Gasteiger charge is 2.41. The number of Topliss-reactive ketones (excluding diaryl/α,β-unsaturated/α-hetero) is 1. The predicted octanol–water partition coefficient (Wildman–Crippen LogP) is 1.69. The molecular formula is C19H24N2O4. The second-order valence-corrected chi connectivity index (χ2v) is 6.44. The standard InChI is InChI=1S/C19H24N2O4/c1-14(22)16-17(15-6-3-2-4-7-15)21(19(24)18(16)23)9-5-8-20-10-12-25-13-11-20/h2-4,6-7,17,23H,5,8-13H2,1H3/t17-/m1/s1. The average molecular weight is 344 g/mol. The molecule has 1 N–H and O–H groups in total. The van der Waals surface area contributed by atoms with Crippen molar-refractivity contribution in [1.82, 2.24) is 9.80 Å². The van der Waals surface area contributed by atoms with Gasteiger partial charge in [-0.25, -0.2) is 0 Å². The van der Waals surface area contributed by atoms with Crippen molar-refractivity contribution in [3.8, 4) is 0 Å². The van der Waals surface area contributed by atoms with Gasteiger partial charge in [-0.2, -0.15) is 0 Å². The molecule has 0 radical (unpaired) electrons. The summed E-state index contributed by atoms with van der Waals surface area (Å²) >= 11 is 0. The van der Waals surface area contributed by atoms with Crippen LogP contribution in [-0.4, -0.2) is 66.0 Å². The number of ether oxygens (including phenoxy) is 1. The van der Waals surface area contributed by atoms with Crippen molar-refractivity contribution in [1.29, 1.82) is 0 Å². The maximum atomic E-state index is 12.5. The molecule has 1 amide bonds. The molecule has 0 bridgehead atoms. The molecule has 0 unspecified atom stereocenters. The van der Waals surface area contributed by atoms with E-state index >= 15 is 0 Å². The second kappa shape index (κ2) is 7.80. The number of ketones is 1. The summed E-state index contributed by atoms with van der Waals surface area (Å²) in [6.45, 7) is 6.04. The van der Waals surface area contributed by atoms with Gasteiger partial charge in [-0.1, -0.05) is 30.3 Å². The zero-order valence-electron chi connectivity index (χ0n) is 14.5. The lowest BCUT2D eigenvalue weighted by Crippen LogP contribution is -2.39. The van der Waals surface area contributed by atoms with E-state index in [4.69, 9.17) is 4.74 Å². The fraction of sp³-hybridized carbons (Fsp3) is 0.474. The lowest BCUT2D eigenvalue weighted by molar-refractivity contribution is -0.129. The highest BCUT2D eigenvalue weighted by molar-refractivity contribution is 6.08. The smallest absolute Gasteiger partial charge is 0.290 e. The molecular weight excluding hydrogens is 320 g/mol. The molecule has 0 aromatic heterocycles. The van der Waals surface area contributed by atoms with E-state index in [2.05, 4.69) is 4.90 Å². The minimum atomic E-state index is -0.504. The number of nitrogens with zero attached hydrogens (tertiary/aromatic N) is 2. The minimum absolute atomic E-state index is 0.197. The summed E-state index contributed by atoms with van der Waals surface area (Å²) in [7, 11) is 0. The van der Waals surface area contributed by atoms with Crippen LogP contribution in [0.25, 0.3) is 0 Å². The van der Waals surface area contributed by atoms with Gasteiger partial charge in [0.05, 0.1) is 24.8 Å². The highest BCUT2D eigenvalue weighted by Crippen LogP contribution is 2.37. The van der Waals surface area contributed by atoms with E-state index < -0.39 is 17.7 Å². The van der Waals surface area contributed by atoms with Crippen molar-refractivity contribution in [3.05, 3.63) is 47.2 Å². The van der Waals surface area contributed by atoms with Crippen LogP contribution >= 0.6 is 0 Å². The monoisotopic (exact) mass is 344 g/mol. The van der Waals surface area contributed by atoms with Crippen molar-refractivity contribution >= 4 is 11.7 Å². The number of benzene rings is 1. The molecule has 1 atom stereocenters. The van der Waals surface area contributed by atoms with Gasteiger partial charge in [0.25, 0.3) is 5.91 Å². The van der Waals surface area contributed by atoms with Crippen molar-refractivity contribution in [3.63, 3.8) is 0 Å².